The van der Waals surface area contributed by atoms with E-state index < -0.39 is 0 Å². The highest BCUT2D eigenvalue weighted by molar-refractivity contribution is 5.48. The second-order valence-electron chi connectivity index (χ2n) is 3.35. The quantitative estimate of drug-likeness (QED) is 0.516. The van der Waals surface area contributed by atoms with E-state index in [9.17, 15) is 0 Å². The summed E-state index contributed by atoms with van der Waals surface area (Å²) in [4.78, 5) is 0. The molecule has 1 heterocycles. The van der Waals surface area contributed by atoms with Gasteiger partial charge in [-0.1, -0.05) is 18.2 Å². The highest BCUT2D eigenvalue weighted by Crippen LogP contribution is 2.35. The summed E-state index contributed by atoms with van der Waals surface area (Å²) in [5, 5.41) is 0. The van der Waals surface area contributed by atoms with Gasteiger partial charge in [0, 0.05) is 6.42 Å². The summed E-state index contributed by atoms with van der Waals surface area (Å²) >= 11 is 0. The molecule has 1 aliphatic heterocycles. The fourth-order valence-electron chi connectivity index (χ4n) is 1.70. The average Bonchev–Trinajstić information content (AvgIpc) is 2.26. The third-order valence-corrected chi connectivity index (χ3v) is 2.42. The van der Waals surface area contributed by atoms with E-state index in [4.69, 9.17) is 4.74 Å². The second kappa shape index (κ2) is 2.88. The van der Waals surface area contributed by atoms with Gasteiger partial charge < -0.3 is 4.74 Å². The summed E-state index contributed by atoms with van der Waals surface area (Å²) in [6.07, 6.45) is 0.927. The first-order valence-corrected chi connectivity index (χ1v) is 4.59. The van der Waals surface area contributed by atoms with Crippen LogP contribution < -0.4 is 4.74 Å². The van der Waals surface area contributed by atoms with Crippen molar-refractivity contribution in [2.24, 2.45) is 0 Å². The van der Waals surface area contributed by atoms with E-state index in [0.29, 0.717) is 0 Å². The molecule has 1 heteroatoms. The molecular weight excluding hydrogens is 172 g/mol. The molecule has 0 saturated heterocycles. The van der Waals surface area contributed by atoms with Gasteiger partial charge in [0.25, 0.3) is 0 Å². The molecule has 2 aromatic rings. The van der Waals surface area contributed by atoms with E-state index in [1.54, 1.807) is 0 Å². The number of benzene rings is 2. The summed E-state index contributed by atoms with van der Waals surface area (Å²) in [6, 6.07) is 17.7. The topological polar surface area (TPSA) is 9.23 Å². The van der Waals surface area contributed by atoms with Gasteiger partial charge in [-0.05, 0) is 41.5 Å². The number of rotatable bonds is 0. The van der Waals surface area contributed by atoms with Crippen LogP contribution in [0.25, 0.3) is 0 Å². The smallest absolute Gasteiger partial charge is 0.131 e. The van der Waals surface area contributed by atoms with Crippen molar-refractivity contribution in [2.75, 3.05) is 0 Å². The van der Waals surface area contributed by atoms with Crippen molar-refractivity contribution in [1.29, 1.82) is 0 Å². The highest BCUT2D eigenvalue weighted by Gasteiger charge is 2.14. The van der Waals surface area contributed by atoms with Crippen LogP contribution in [0, 0.1) is 12.1 Å². The fraction of sp³-hybridized carbons (Fsp3) is 0.0769. The number of ether oxygens (including phenoxy) is 1. The van der Waals surface area contributed by atoms with E-state index in [-0.39, 0.29) is 0 Å². The lowest BCUT2D eigenvalue weighted by Gasteiger charge is -2.19. The van der Waals surface area contributed by atoms with Gasteiger partial charge in [0.15, 0.2) is 0 Å². The predicted octanol–water partition coefficient (Wildman–Crippen LogP) is 2.98. The molecule has 2 aromatic carbocycles. The second-order valence-corrected chi connectivity index (χ2v) is 3.35. The van der Waals surface area contributed by atoms with Crippen LogP contribution in [0.15, 0.2) is 36.4 Å². The molecule has 0 fully saturated rings. The van der Waals surface area contributed by atoms with Crippen molar-refractivity contribution < 1.29 is 4.74 Å². The van der Waals surface area contributed by atoms with Gasteiger partial charge in [0.1, 0.15) is 11.5 Å². The van der Waals surface area contributed by atoms with E-state index in [1.165, 1.54) is 11.1 Å². The lowest BCUT2D eigenvalue weighted by Crippen LogP contribution is -2.01. The van der Waals surface area contributed by atoms with Crippen molar-refractivity contribution in [3.05, 3.63) is 59.7 Å². The standard InChI is InChI=1S/C13H8O/c1-3-7-12-10(5-1)9-11-6-2-4-8-13(11)14-12/h1,4-8H,9H2. The maximum Gasteiger partial charge on any atom is 0.131 e. The highest BCUT2D eigenvalue weighted by atomic mass is 16.5. The molecule has 2 radical (unpaired) electrons. The van der Waals surface area contributed by atoms with Crippen LogP contribution >= 0.6 is 0 Å². The Morgan fingerprint density at radius 1 is 0.929 bits per heavy atom. The lowest BCUT2D eigenvalue weighted by molar-refractivity contribution is 0.460. The minimum absolute atomic E-state index is 0.922. The van der Waals surface area contributed by atoms with Crippen LogP contribution in [0.5, 0.6) is 11.5 Å². The fourth-order valence-corrected chi connectivity index (χ4v) is 1.70. The Labute approximate surface area is 83.0 Å². The molecule has 0 aromatic heterocycles. The third-order valence-electron chi connectivity index (χ3n) is 2.42. The van der Waals surface area contributed by atoms with Gasteiger partial charge in [0.05, 0.1) is 0 Å². The zero-order chi connectivity index (χ0) is 9.38. The molecule has 14 heavy (non-hydrogen) atoms. The first kappa shape index (κ1) is 7.63. The van der Waals surface area contributed by atoms with Crippen LogP contribution in [0.2, 0.25) is 0 Å². The summed E-state index contributed by atoms with van der Waals surface area (Å²) in [5.41, 5.74) is 2.42. The first-order chi connectivity index (χ1) is 6.93. The van der Waals surface area contributed by atoms with Crippen LogP contribution in [0.1, 0.15) is 11.1 Å². The number of fused-ring (bicyclic) bond motifs is 2. The zero-order valence-corrected chi connectivity index (χ0v) is 7.58. The van der Waals surface area contributed by atoms with Crippen LogP contribution in [-0.4, -0.2) is 0 Å². The molecular formula is C13H8O. The van der Waals surface area contributed by atoms with E-state index in [1.807, 2.05) is 36.4 Å². The van der Waals surface area contributed by atoms with Crippen molar-refractivity contribution >= 4 is 0 Å². The van der Waals surface area contributed by atoms with Crippen LogP contribution in [0.4, 0.5) is 0 Å². The molecule has 0 aliphatic carbocycles. The van der Waals surface area contributed by atoms with Gasteiger partial charge in [0.2, 0.25) is 0 Å². The van der Waals surface area contributed by atoms with Crippen LogP contribution in [0.3, 0.4) is 0 Å². The Hall–Kier alpha value is -1.76. The maximum atomic E-state index is 5.73. The maximum absolute atomic E-state index is 5.73. The zero-order valence-electron chi connectivity index (χ0n) is 7.58. The molecule has 0 spiro atoms. The lowest BCUT2D eigenvalue weighted by atomic mass is 10.0. The molecule has 0 amide bonds. The Balaban J connectivity index is 2.12. The van der Waals surface area contributed by atoms with E-state index in [2.05, 4.69) is 12.1 Å². The summed E-state index contributed by atoms with van der Waals surface area (Å²) < 4.78 is 5.73. The van der Waals surface area contributed by atoms with Crippen molar-refractivity contribution in [2.45, 2.75) is 6.42 Å². The molecule has 0 N–H and O–H groups in total. The van der Waals surface area contributed by atoms with Crippen molar-refractivity contribution in [3.63, 3.8) is 0 Å². The molecule has 0 unspecified atom stereocenters. The number of hydrogen-bond donors (Lipinski definition) is 0. The largest absolute Gasteiger partial charge is 0.457 e. The van der Waals surface area contributed by atoms with Gasteiger partial charge >= 0.3 is 0 Å². The first-order valence-electron chi connectivity index (χ1n) is 4.59. The Morgan fingerprint density at radius 3 is 2.79 bits per heavy atom. The van der Waals surface area contributed by atoms with Crippen molar-refractivity contribution in [1.82, 2.24) is 0 Å². The molecule has 3 rings (SSSR count). The summed E-state index contributed by atoms with van der Waals surface area (Å²) in [6.45, 7) is 0. The Kier molecular flexibility index (Phi) is 1.57. The minimum atomic E-state index is 0.922. The summed E-state index contributed by atoms with van der Waals surface area (Å²) in [7, 11) is 0. The van der Waals surface area contributed by atoms with Gasteiger partial charge in [-0.3, -0.25) is 0 Å². The van der Waals surface area contributed by atoms with E-state index in [0.717, 1.165) is 17.9 Å². The Morgan fingerprint density at radius 2 is 1.79 bits per heavy atom. The molecule has 0 bridgehead atoms. The predicted molar refractivity (Wildman–Crippen MR) is 53.4 cm³/mol. The minimum Gasteiger partial charge on any atom is -0.457 e. The molecule has 66 valence electrons. The summed E-state index contributed by atoms with van der Waals surface area (Å²) in [5.74, 6) is 1.86. The average molecular weight is 180 g/mol. The van der Waals surface area contributed by atoms with E-state index >= 15 is 0 Å². The normalized spacial score (nSPS) is 12.6. The van der Waals surface area contributed by atoms with Gasteiger partial charge in [-0.15, -0.1) is 0 Å². The molecule has 0 atom stereocenters. The molecule has 0 saturated carbocycles. The molecule has 1 aliphatic rings. The van der Waals surface area contributed by atoms with Gasteiger partial charge in [-0.25, -0.2) is 0 Å². The number of hydrogen-bond acceptors (Lipinski definition) is 1. The monoisotopic (exact) mass is 180 g/mol. The Bertz CT molecular complexity index is 387. The SMILES string of the molecule is [c]1ccc2c(c1)Cc1cc[c]cc1O2. The van der Waals surface area contributed by atoms with Crippen molar-refractivity contribution in [3.8, 4) is 11.5 Å². The third kappa shape index (κ3) is 1.10. The molecule has 1 nitrogen and oxygen atoms in total. The van der Waals surface area contributed by atoms with Crippen LogP contribution in [-0.2, 0) is 6.42 Å². The van der Waals surface area contributed by atoms with Gasteiger partial charge in [-0.2, -0.15) is 0 Å².